The molecule has 0 aromatic rings. The molecule has 0 saturated heterocycles. The number of hydrogen-bond acceptors (Lipinski definition) is 1. The van der Waals surface area contributed by atoms with E-state index >= 15 is 0 Å². The van der Waals surface area contributed by atoms with Crippen LogP contribution in [0, 0.1) is 0 Å². The van der Waals surface area contributed by atoms with Crippen LogP contribution in [0.5, 0.6) is 0 Å². The van der Waals surface area contributed by atoms with Crippen LogP contribution >= 0.6 is 0 Å². The molecule has 0 aromatic heterocycles. The molecule has 0 unspecified atom stereocenters. The summed E-state index contributed by atoms with van der Waals surface area (Å²) in [6, 6.07) is 0. The van der Waals surface area contributed by atoms with Crippen LogP contribution in [0.15, 0.2) is 0 Å². The van der Waals surface area contributed by atoms with Gasteiger partial charge < -0.3 is 4.43 Å². The Labute approximate surface area is 187 Å². The van der Waals surface area contributed by atoms with Crippen LogP contribution in [-0.4, -0.2) is 14.9 Å². The summed E-state index contributed by atoms with van der Waals surface area (Å²) >= 11 is 0. The zero-order valence-corrected chi connectivity index (χ0v) is 22.6. The topological polar surface area (TPSA) is 9.23 Å². The third-order valence-corrected chi connectivity index (χ3v) is 11.6. The van der Waals surface area contributed by atoms with Crippen LogP contribution < -0.4 is 0 Å². The van der Waals surface area contributed by atoms with Gasteiger partial charge in [-0.15, -0.1) is 0 Å². The van der Waals surface area contributed by atoms with Gasteiger partial charge in [0.25, 0.3) is 0 Å². The van der Waals surface area contributed by atoms with Crippen molar-refractivity contribution >= 4 is 8.32 Å². The van der Waals surface area contributed by atoms with E-state index in [0.29, 0.717) is 5.04 Å². The van der Waals surface area contributed by atoms with Gasteiger partial charge in [0.1, 0.15) is 0 Å². The molecule has 29 heavy (non-hydrogen) atoms. The quantitative estimate of drug-likeness (QED) is 0.131. The van der Waals surface area contributed by atoms with Crippen LogP contribution in [-0.2, 0) is 4.43 Å². The van der Waals surface area contributed by atoms with Crippen LogP contribution in [0.4, 0.5) is 0 Å². The zero-order valence-electron chi connectivity index (χ0n) is 21.6. The molecular weight excluding hydrogens is 368 g/mol. The smallest absolute Gasteiger partial charge is 0.191 e. The van der Waals surface area contributed by atoms with Crippen LogP contribution in [0.3, 0.4) is 0 Å². The van der Waals surface area contributed by atoms with E-state index in [-0.39, 0.29) is 0 Å². The van der Waals surface area contributed by atoms with E-state index in [4.69, 9.17) is 4.43 Å². The molecule has 0 amide bonds. The Hall–Kier alpha value is 0.177. The maximum Gasteiger partial charge on any atom is 0.191 e. The Morgan fingerprint density at radius 1 is 0.483 bits per heavy atom. The van der Waals surface area contributed by atoms with Crippen LogP contribution in [0.2, 0.25) is 18.1 Å². The Morgan fingerprint density at radius 3 is 1.03 bits per heavy atom. The largest absolute Gasteiger partial charge is 0.417 e. The summed E-state index contributed by atoms with van der Waals surface area (Å²) in [7, 11) is -1.52. The number of rotatable bonds is 21. The average molecular weight is 427 g/mol. The Balaban J connectivity index is 3.17. The van der Waals surface area contributed by atoms with Crippen molar-refractivity contribution in [3.05, 3.63) is 0 Å². The van der Waals surface area contributed by atoms with Gasteiger partial charge in [-0.3, -0.25) is 0 Å². The highest BCUT2D eigenvalue weighted by Crippen LogP contribution is 2.36. The van der Waals surface area contributed by atoms with Gasteiger partial charge >= 0.3 is 0 Å². The molecule has 0 N–H and O–H groups in total. The molecule has 0 radical (unpaired) electrons. The molecule has 0 aliphatic rings. The molecule has 2 heteroatoms. The predicted octanol–water partition coefficient (Wildman–Crippen LogP) is 10.4. The van der Waals surface area contributed by atoms with E-state index < -0.39 is 8.32 Å². The molecule has 0 heterocycles. The second kappa shape index (κ2) is 18.9. The monoisotopic (exact) mass is 426 g/mol. The van der Waals surface area contributed by atoms with E-state index in [1.807, 2.05) is 0 Å². The Kier molecular flexibility index (Phi) is 19.0. The second-order valence-electron chi connectivity index (χ2n) is 11.0. The molecule has 176 valence electrons. The lowest BCUT2D eigenvalue weighted by atomic mass is 10.0. The predicted molar refractivity (Wildman–Crippen MR) is 137 cm³/mol. The second-order valence-corrected chi connectivity index (χ2v) is 15.8. The van der Waals surface area contributed by atoms with Crippen molar-refractivity contribution in [1.82, 2.24) is 0 Å². The zero-order chi connectivity index (χ0) is 21.8. The molecule has 0 atom stereocenters. The average Bonchev–Trinajstić information content (AvgIpc) is 2.65. The highest BCUT2D eigenvalue weighted by molar-refractivity contribution is 6.74. The molecule has 0 saturated carbocycles. The molecule has 0 aliphatic heterocycles. The van der Waals surface area contributed by atoms with E-state index in [2.05, 4.69) is 40.8 Å². The standard InChI is InChI=1S/C27H58OSi/c1-7-8-9-10-11-12-13-14-15-16-17-18-19-20-21-22-23-24-25-26-28-29(5,6)27(2,3)4/h7-26H2,1-6H3. The van der Waals surface area contributed by atoms with Gasteiger partial charge in [-0.05, 0) is 24.6 Å². The van der Waals surface area contributed by atoms with Gasteiger partial charge in [0.15, 0.2) is 8.32 Å². The minimum atomic E-state index is -1.52. The molecular formula is C27H58OSi. The van der Waals surface area contributed by atoms with Crippen LogP contribution in [0.1, 0.15) is 150 Å². The Morgan fingerprint density at radius 2 is 0.759 bits per heavy atom. The molecule has 0 fully saturated rings. The minimum Gasteiger partial charge on any atom is -0.417 e. The molecule has 0 spiro atoms. The lowest BCUT2D eigenvalue weighted by molar-refractivity contribution is 0.277. The SMILES string of the molecule is CCCCCCCCCCCCCCCCCCCCCO[Si](C)(C)C(C)(C)C. The Bertz CT molecular complexity index is 332. The summed E-state index contributed by atoms with van der Waals surface area (Å²) in [5.74, 6) is 0. The lowest BCUT2D eigenvalue weighted by Gasteiger charge is -2.36. The van der Waals surface area contributed by atoms with Gasteiger partial charge in [-0.2, -0.15) is 0 Å². The van der Waals surface area contributed by atoms with E-state index in [0.717, 1.165) is 6.61 Å². The molecule has 1 nitrogen and oxygen atoms in total. The third-order valence-electron chi connectivity index (χ3n) is 7.02. The fourth-order valence-electron chi connectivity index (χ4n) is 3.72. The normalized spacial score (nSPS) is 12.6. The van der Waals surface area contributed by atoms with E-state index in [1.54, 1.807) is 0 Å². The summed E-state index contributed by atoms with van der Waals surface area (Å²) in [6.45, 7) is 15.0. The number of unbranched alkanes of at least 4 members (excludes halogenated alkanes) is 18. The first-order valence-corrected chi connectivity index (χ1v) is 16.4. The van der Waals surface area contributed by atoms with Gasteiger partial charge in [-0.1, -0.05) is 143 Å². The highest BCUT2D eigenvalue weighted by atomic mass is 28.4. The van der Waals surface area contributed by atoms with Crippen LogP contribution in [0.25, 0.3) is 0 Å². The van der Waals surface area contributed by atoms with Crippen molar-refractivity contribution < 1.29 is 4.43 Å². The summed E-state index contributed by atoms with van der Waals surface area (Å²) in [5.41, 5.74) is 0. The van der Waals surface area contributed by atoms with Crippen molar-refractivity contribution in [2.75, 3.05) is 6.61 Å². The van der Waals surface area contributed by atoms with Crippen molar-refractivity contribution in [3.63, 3.8) is 0 Å². The number of hydrogen-bond donors (Lipinski definition) is 0. The summed E-state index contributed by atoms with van der Waals surface area (Å²) < 4.78 is 6.27. The van der Waals surface area contributed by atoms with Gasteiger partial charge in [0, 0.05) is 6.61 Å². The summed E-state index contributed by atoms with van der Waals surface area (Å²) in [5, 5.41) is 0.348. The molecule has 0 aromatic carbocycles. The van der Waals surface area contributed by atoms with E-state index in [1.165, 1.54) is 122 Å². The van der Waals surface area contributed by atoms with Gasteiger partial charge in [0.2, 0.25) is 0 Å². The lowest BCUT2D eigenvalue weighted by Crippen LogP contribution is -2.40. The first-order chi connectivity index (χ1) is 13.8. The van der Waals surface area contributed by atoms with Gasteiger partial charge in [0.05, 0.1) is 0 Å². The van der Waals surface area contributed by atoms with Crippen molar-refractivity contribution in [2.24, 2.45) is 0 Å². The molecule has 0 bridgehead atoms. The molecule has 0 aliphatic carbocycles. The van der Waals surface area contributed by atoms with E-state index in [9.17, 15) is 0 Å². The van der Waals surface area contributed by atoms with Crippen molar-refractivity contribution in [1.29, 1.82) is 0 Å². The first kappa shape index (κ1) is 29.2. The minimum absolute atomic E-state index is 0.348. The first-order valence-electron chi connectivity index (χ1n) is 13.4. The summed E-state index contributed by atoms with van der Waals surface area (Å²) in [4.78, 5) is 0. The fraction of sp³-hybridized carbons (Fsp3) is 1.00. The van der Waals surface area contributed by atoms with Crippen molar-refractivity contribution in [2.45, 2.75) is 168 Å². The van der Waals surface area contributed by atoms with Gasteiger partial charge in [-0.25, -0.2) is 0 Å². The summed E-state index contributed by atoms with van der Waals surface area (Å²) in [6.07, 6.45) is 27.4. The highest BCUT2D eigenvalue weighted by Gasteiger charge is 2.36. The maximum absolute atomic E-state index is 6.27. The fourth-order valence-corrected chi connectivity index (χ4v) is 4.81. The van der Waals surface area contributed by atoms with Crippen molar-refractivity contribution in [3.8, 4) is 0 Å². The molecule has 0 rings (SSSR count). The third kappa shape index (κ3) is 18.6. The maximum atomic E-state index is 6.27.